The van der Waals surface area contributed by atoms with Gasteiger partial charge in [0.15, 0.2) is 0 Å². The van der Waals surface area contributed by atoms with Crippen LogP contribution >= 0.6 is 11.3 Å². The Hall–Kier alpha value is -0.970. The Balaban J connectivity index is 1.96. The van der Waals surface area contributed by atoms with Crippen molar-refractivity contribution in [2.45, 2.75) is 38.9 Å². The Morgan fingerprint density at radius 2 is 2.06 bits per heavy atom. The minimum absolute atomic E-state index is 0.214. The second-order valence-corrected chi connectivity index (χ2v) is 6.47. The lowest BCUT2D eigenvalue weighted by atomic mass is 10.2. The van der Waals surface area contributed by atoms with E-state index in [4.69, 9.17) is 4.74 Å². The lowest BCUT2D eigenvalue weighted by Crippen LogP contribution is -2.27. The number of aromatic nitrogens is 1. The normalized spacial score (nSPS) is 14.0. The molecule has 1 unspecified atom stereocenters. The summed E-state index contributed by atoms with van der Waals surface area (Å²) in [6.45, 7) is 6.30. The lowest BCUT2D eigenvalue weighted by molar-refractivity contribution is -0.0482. The molecule has 4 heteroatoms. The summed E-state index contributed by atoms with van der Waals surface area (Å²) < 4.78 is 6.73. The summed E-state index contributed by atoms with van der Waals surface area (Å²) in [4.78, 5) is 4.50. The highest BCUT2D eigenvalue weighted by molar-refractivity contribution is 7.18. The van der Waals surface area contributed by atoms with Crippen molar-refractivity contribution in [3.63, 3.8) is 0 Å². The minimum Gasteiger partial charge on any atom is -0.390 e. The van der Waals surface area contributed by atoms with Gasteiger partial charge in [-0.05, 0) is 32.9 Å². The minimum atomic E-state index is -0.496. The summed E-state index contributed by atoms with van der Waals surface area (Å²) in [6, 6.07) is 8.02. The number of fused-ring (bicyclic) bond motifs is 1. The van der Waals surface area contributed by atoms with Crippen molar-refractivity contribution in [2.24, 2.45) is 0 Å². The molecule has 1 atom stereocenters. The zero-order valence-corrected chi connectivity index (χ0v) is 11.8. The first-order chi connectivity index (χ1) is 8.44. The molecule has 0 aliphatic heterocycles. The van der Waals surface area contributed by atoms with E-state index in [1.165, 1.54) is 0 Å². The van der Waals surface area contributed by atoms with Gasteiger partial charge in [0.05, 0.1) is 33.5 Å². The van der Waals surface area contributed by atoms with Crippen molar-refractivity contribution in [1.29, 1.82) is 0 Å². The zero-order chi connectivity index (χ0) is 13.2. The van der Waals surface area contributed by atoms with Gasteiger partial charge in [-0.2, -0.15) is 0 Å². The molecule has 1 aromatic heterocycles. The van der Waals surface area contributed by atoms with Crippen LogP contribution in [0.5, 0.6) is 0 Å². The van der Waals surface area contributed by atoms with Crippen LogP contribution in [0.4, 0.5) is 0 Å². The van der Waals surface area contributed by atoms with Gasteiger partial charge in [-0.3, -0.25) is 0 Å². The number of nitrogens with zero attached hydrogens (tertiary/aromatic N) is 1. The summed E-state index contributed by atoms with van der Waals surface area (Å²) in [7, 11) is 0. The van der Waals surface area contributed by atoms with Crippen molar-refractivity contribution in [1.82, 2.24) is 4.98 Å². The molecule has 2 rings (SSSR count). The molecule has 0 radical (unpaired) electrons. The van der Waals surface area contributed by atoms with Gasteiger partial charge in [0, 0.05) is 6.42 Å². The van der Waals surface area contributed by atoms with Crippen LogP contribution in [0.2, 0.25) is 0 Å². The van der Waals surface area contributed by atoms with Gasteiger partial charge in [-0.25, -0.2) is 4.98 Å². The Morgan fingerprint density at radius 3 is 2.72 bits per heavy atom. The molecule has 2 aromatic rings. The molecule has 0 aliphatic carbocycles. The monoisotopic (exact) mass is 265 g/mol. The quantitative estimate of drug-likeness (QED) is 0.924. The Kier molecular flexibility index (Phi) is 4.00. The van der Waals surface area contributed by atoms with Gasteiger partial charge in [0.25, 0.3) is 0 Å². The number of para-hydroxylation sites is 1. The summed E-state index contributed by atoms with van der Waals surface area (Å²) in [6.07, 6.45) is 0.0555. The Morgan fingerprint density at radius 1 is 1.33 bits per heavy atom. The van der Waals surface area contributed by atoms with Crippen LogP contribution in [0, 0.1) is 0 Å². The van der Waals surface area contributed by atoms with E-state index in [0.717, 1.165) is 15.2 Å². The van der Waals surface area contributed by atoms with E-state index in [2.05, 4.69) is 11.1 Å². The van der Waals surface area contributed by atoms with Crippen LogP contribution < -0.4 is 0 Å². The van der Waals surface area contributed by atoms with Crippen LogP contribution in [0.3, 0.4) is 0 Å². The molecule has 1 N–H and O–H groups in total. The molecule has 18 heavy (non-hydrogen) atoms. The van der Waals surface area contributed by atoms with Gasteiger partial charge in [0.1, 0.15) is 0 Å². The molecule has 0 saturated heterocycles. The first-order valence-electron chi connectivity index (χ1n) is 6.10. The molecule has 0 saturated carbocycles. The standard InChI is InChI=1S/C14H19NO2S/c1-14(2,3)17-9-10(16)8-13-15-11-6-4-5-7-12(11)18-13/h4-7,10,16H,8-9H2,1-3H3. The molecule has 0 aliphatic rings. The number of ether oxygens (including phenoxy) is 1. The highest BCUT2D eigenvalue weighted by Crippen LogP contribution is 2.22. The topological polar surface area (TPSA) is 42.4 Å². The van der Waals surface area contributed by atoms with E-state index in [1.807, 2.05) is 39.0 Å². The van der Waals surface area contributed by atoms with Crippen LogP contribution in [0.25, 0.3) is 10.2 Å². The van der Waals surface area contributed by atoms with Crippen LogP contribution in [-0.4, -0.2) is 28.4 Å². The maximum absolute atomic E-state index is 9.93. The lowest BCUT2D eigenvalue weighted by Gasteiger charge is -2.21. The highest BCUT2D eigenvalue weighted by atomic mass is 32.1. The molecule has 1 aromatic carbocycles. The van der Waals surface area contributed by atoms with E-state index in [9.17, 15) is 5.11 Å². The average molecular weight is 265 g/mol. The van der Waals surface area contributed by atoms with Gasteiger partial charge >= 0.3 is 0 Å². The molecule has 3 nitrogen and oxygen atoms in total. The SMILES string of the molecule is CC(C)(C)OCC(O)Cc1nc2ccccc2s1. The number of thiazole rings is 1. The third-order valence-electron chi connectivity index (χ3n) is 2.46. The van der Waals surface area contributed by atoms with Crippen molar-refractivity contribution >= 4 is 21.6 Å². The summed E-state index contributed by atoms with van der Waals surface area (Å²) in [5.74, 6) is 0. The second kappa shape index (κ2) is 5.34. The third-order valence-corrected chi connectivity index (χ3v) is 3.52. The fourth-order valence-corrected chi connectivity index (χ4v) is 2.65. The molecular formula is C14H19NO2S. The number of aliphatic hydroxyl groups is 1. The van der Waals surface area contributed by atoms with Gasteiger partial charge in [0.2, 0.25) is 0 Å². The van der Waals surface area contributed by atoms with Crippen molar-refractivity contribution in [3.8, 4) is 0 Å². The second-order valence-electron chi connectivity index (χ2n) is 5.36. The molecule has 0 fully saturated rings. The van der Waals surface area contributed by atoms with E-state index < -0.39 is 6.10 Å². The Bertz CT molecular complexity index is 483. The maximum atomic E-state index is 9.93. The predicted octanol–water partition coefficient (Wildman–Crippen LogP) is 3.01. The summed E-state index contributed by atoms with van der Waals surface area (Å²) in [5, 5.41) is 10.9. The fourth-order valence-electron chi connectivity index (χ4n) is 1.61. The number of aliphatic hydroxyl groups excluding tert-OH is 1. The van der Waals surface area contributed by atoms with Gasteiger partial charge in [-0.15, -0.1) is 11.3 Å². The predicted molar refractivity (Wildman–Crippen MR) is 75.0 cm³/mol. The van der Waals surface area contributed by atoms with Gasteiger partial charge in [-0.1, -0.05) is 12.1 Å². The van der Waals surface area contributed by atoms with Crippen LogP contribution in [0.15, 0.2) is 24.3 Å². The molecule has 0 spiro atoms. The fraction of sp³-hybridized carbons (Fsp3) is 0.500. The molecular weight excluding hydrogens is 246 g/mol. The molecule has 1 heterocycles. The number of hydrogen-bond donors (Lipinski definition) is 1. The molecule has 0 bridgehead atoms. The first-order valence-corrected chi connectivity index (χ1v) is 6.92. The molecule has 98 valence electrons. The van der Waals surface area contributed by atoms with E-state index >= 15 is 0 Å². The Labute approximate surface area is 111 Å². The number of benzene rings is 1. The van der Waals surface area contributed by atoms with Crippen LogP contribution in [-0.2, 0) is 11.2 Å². The largest absolute Gasteiger partial charge is 0.390 e. The average Bonchev–Trinajstić information content (AvgIpc) is 2.67. The smallest absolute Gasteiger partial charge is 0.0965 e. The maximum Gasteiger partial charge on any atom is 0.0965 e. The highest BCUT2D eigenvalue weighted by Gasteiger charge is 2.15. The van der Waals surface area contributed by atoms with E-state index in [1.54, 1.807) is 11.3 Å². The van der Waals surface area contributed by atoms with Crippen LogP contribution in [0.1, 0.15) is 25.8 Å². The zero-order valence-electron chi connectivity index (χ0n) is 11.0. The summed E-state index contributed by atoms with van der Waals surface area (Å²) in [5.41, 5.74) is 0.788. The molecule has 0 amide bonds. The van der Waals surface area contributed by atoms with Gasteiger partial charge < -0.3 is 9.84 Å². The van der Waals surface area contributed by atoms with E-state index in [-0.39, 0.29) is 5.60 Å². The third kappa shape index (κ3) is 3.77. The number of hydrogen-bond acceptors (Lipinski definition) is 4. The van der Waals surface area contributed by atoms with Crippen molar-refractivity contribution in [3.05, 3.63) is 29.3 Å². The first kappa shape index (κ1) is 13.5. The number of rotatable bonds is 4. The summed E-state index contributed by atoms with van der Waals surface area (Å²) >= 11 is 1.63. The van der Waals surface area contributed by atoms with Crippen molar-refractivity contribution < 1.29 is 9.84 Å². The van der Waals surface area contributed by atoms with Crippen molar-refractivity contribution in [2.75, 3.05) is 6.61 Å². The van der Waals surface area contributed by atoms with E-state index in [0.29, 0.717) is 13.0 Å².